The van der Waals surface area contributed by atoms with Gasteiger partial charge in [0.15, 0.2) is 11.8 Å². The molecule has 2 aromatic carbocycles. The summed E-state index contributed by atoms with van der Waals surface area (Å²) < 4.78 is 0. The Hall–Kier alpha value is -6.71. The van der Waals surface area contributed by atoms with Crippen molar-refractivity contribution in [2.45, 2.75) is 87.8 Å². The van der Waals surface area contributed by atoms with E-state index in [1.807, 2.05) is 67.6 Å². The quantitative estimate of drug-likeness (QED) is 0.105. The van der Waals surface area contributed by atoms with Crippen molar-refractivity contribution in [1.29, 1.82) is 0 Å². The summed E-state index contributed by atoms with van der Waals surface area (Å²) in [5.41, 5.74) is 0.785. The van der Waals surface area contributed by atoms with Gasteiger partial charge in [0.05, 0.1) is 56.6 Å². The number of rotatable bonds is 9. The summed E-state index contributed by atoms with van der Waals surface area (Å²) in [6.07, 6.45) is 0.430. The maximum absolute atomic E-state index is 13.7. The van der Waals surface area contributed by atoms with Crippen molar-refractivity contribution in [3.8, 4) is 0 Å². The molecule has 5 rings (SSSR count). The van der Waals surface area contributed by atoms with E-state index in [0.29, 0.717) is 5.56 Å². The van der Waals surface area contributed by atoms with Gasteiger partial charge in [0.1, 0.15) is 12.1 Å². The second-order valence-corrected chi connectivity index (χ2v) is 16.6. The van der Waals surface area contributed by atoms with Gasteiger partial charge in [-0.15, -0.1) is 0 Å². The molecule has 66 heavy (non-hydrogen) atoms. The first-order valence-corrected chi connectivity index (χ1v) is 21.4. The molecule has 0 saturated carbocycles. The van der Waals surface area contributed by atoms with Gasteiger partial charge in [-0.05, 0) is 24.1 Å². The minimum atomic E-state index is -2.46. The fraction of sp³-hybridized carbons (Fsp3) is 0.413. The van der Waals surface area contributed by atoms with Gasteiger partial charge in [-0.3, -0.25) is 33.6 Å². The Balaban J connectivity index is 1.35. The molecule has 12 N–H and O–H groups in total. The summed E-state index contributed by atoms with van der Waals surface area (Å²) in [5, 5.41) is 71.3. The van der Waals surface area contributed by atoms with E-state index >= 15 is 0 Å². The molecular weight excluding hydrogens is 857 g/mol. The Morgan fingerprint density at radius 3 is 2.32 bits per heavy atom. The SMILES string of the molecule is CC(C=Cc1ccccc1)=CC=CC(C)C(O)C(O)C1NC(=O)CC(O)CNC(=O)CNC(=O)C(Cc2c[nH]c3ccccc23)NC(=O)CN(C)C(=O)CC2(O)NC(=O)CC2NC(=O)C1O. The smallest absolute Gasteiger partial charge is 0.251 e. The molecule has 2 aliphatic rings. The number of para-hydroxylation sites is 1. The number of hydrogen-bond acceptors (Lipinski definition) is 12. The Kier molecular flexibility index (Phi) is 17.5. The Labute approximate surface area is 380 Å². The minimum absolute atomic E-state index is 0.0412. The summed E-state index contributed by atoms with van der Waals surface area (Å²) in [6, 6.07) is 12.0. The molecule has 7 amide bonds. The highest BCUT2D eigenvalue weighted by molar-refractivity contribution is 5.94. The van der Waals surface area contributed by atoms with E-state index in [9.17, 15) is 59.1 Å². The predicted octanol–water partition coefficient (Wildman–Crippen LogP) is -1.85. The number of nitrogens with zero attached hydrogens (tertiary/aromatic N) is 1. The van der Waals surface area contributed by atoms with Gasteiger partial charge >= 0.3 is 0 Å². The first-order valence-electron chi connectivity index (χ1n) is 21.4. The van der Waals surface area contributed by atoms with Crippen LogP contribution in [0.15, 0.2) is 90.7 Å². The Morgan fingerprint density at radius 2 is 1.58 bits per heavy atom. The van der Waals surface area contributed by atoms with Crippen molar-refractivity contribution in [3.63, 3.8) is 0 Å². The number of aromatic amines is 1. The Morgan fingerprint density at radius 1 is 0.864 bits per heavy atom. The number of carbonyl (C=O) groups excluding carboxylic acids is 7. The topological polar surface area (TPSA) is 312 Å². The third-order valence-electron chi connectivity index (χ3n) is 11.3. The molecule has 9 unspecified atom stereocenters. The lowest BCUT2D eigenvalue weighted by Gasteiger charge is -2.34. The highest BCUT2D eigenvalue weighted by Gasteiger charge is 2.49. The van der Waals surface area contributed by atoms with Crippen LogP contribution in [0.1, 0.15) is 44.2 Å². The number of allylic oxidation sites excluding steroid dienone is 4. The first kappa shape index (κ1) is 50.3. The number of fused-ring (bicyclic) bond motifs is 2. The summed E-state index contributed by atoms with van der Waals surface area (Å²) >= 11 is 0. The van der Waals surface area contributed by atoms with Crippen LogP contribution in [0.4, 0.5) is 0 Å². The number of nitrogens with one attached hydrogen (secondary N) is 7. The molecule has 0 radical (unpaired) electrons. The van der Waals surface area contributed by atoms with Crippen molar-refractivity contribution in [2.75, 3.05) is 26.7 Å². The van der Waals surface area contributed by atoms with Crippen LogP contribution in [0, 0.1) is 5.92 Å². The minimum Gasteiger partial charge on any atom is -0.391 e. The molecule has 354 valence electrons. The molecule has 1 aromatic heterocycles. The van der Waals surface area contributed by atoms with E-state index in [1.165, 1.54) is 14.0 Å². The van der Waals surface area contributed by atoms with Crippen LogP contribution in [0.5, 0.6) is 0 Å². The largest absolute Gasteiger partial charge is 0.391 e. The number of H-pyrrole nitrogens is 1. The van der Waals surface area contributed by atoms with E-state index in [1.54, 1.807) is 30.5 Å². The average Bonchev–Trinajstić information content (AvgIpc) is 3.82. The molecular formula is C46H58N8O12. The number of carbonyl (C=O) groups is 7. The van der Waals surface area contributed by atoms with Crippen molar-refractivity contribution >= 4 is 58.3 Å². The van der Waals surface area contributed by atoms with Crippen molar-refractivity contribution < 1.29 is 59.1 Å². The van der Waals surface area contributed by atoms with Gasteiger partial charge in [-0.25, -0.2) is 0 Å². The van der Waals surface area contributed by atoms with Crippen LogP contribution in [0.25, 0.3) is 17.0 Å². The zero-order valence-corrected chi connectivity index (χ0v) is 36.8. The lowest BCUT2D eigenvalue weighted by Crippen LogP contribution is -2.63. The van der Waals surface area contributed by atoms with Crippen LogP contribution in [-0.4, -0.2) is 152 Å². The fourth-order valence-corrected chi connectivity index (χ4v) is 7.46. The second kappa shape index (κ2) is 23.0. The molecule has 20 heteroatoms. The lowest BCUT2D eigenvalue weighted by atomic mass is 9.91. The molecule has 9 atom stereocenters. The molecule has 2 aliphatic heterocycles. The lowest BCUT2D eigenvalue weighted by molar-refractivity contribution is -0.145. The fourth-order valence-electron chi connectivity index (χ4n) is 7.46. The van der Waals surface area contributed by atoms with Gasteiger partial charge in [-0.2, -0.15) is 0 Å². The molecule has 0 bridgehead atoms. The van der Waals surface area contributed by atoms with E-state index in [2.05, 4.69) is 36.9 Å². The Bertz CT molecular complexity index is 2330. The molecule has 0 aliphatic carbocycles. The van der Waals surface area contributed by atoms with Crippen LogP contribution in [-0.2, 0) is 40.0 Å². The predicted molar refractivity (Wildman–Crippen MR) is 240 cm³/mol. The standard InChI is InChI=1S/C46H58N8O12/c1-26(16-17-28-12-5-4-6-13-28)10-9-11-27(2)41(61)42(62)40-43(63)45(65)51-34-20-36(57)53-46(34,66)21-39(60)54(3)25-38(59)50-33(18-29-22-47-32-15-8-7-14-31(29)32)44(64)49-24-37(58)48-23-30(55)19-35(56)52-40/h4-17,22,27,30,33-34,40-43,47,55,61-63,66H,18-21,23-25H2,1-3H3,(H,48,58)(H,49,64)(H,50,59)(H,51,65)(H,52,56)(H,53,57). The summed E-state index contributed by atoms with van der Waals surface area (Å²) in [5.74, 6) is -7.23. The number of benzene rings is 2. The zero-order chi connectivity index (χ0) is 48.1. The van der Waals surface area contributed by atoms with Gasteiger partial charge < -0.3 is 67.3 Å². The van der Waals surface area contributed by atoms with Crippen molar-refractivity contribution in [1.82, 2.24) is 41.8 Å². The highest BCUT2D eigenvalue weighted by Crippen LogP contribution is 2.24. The van der Waals surface area contributed by atoms with Gasteiger partial charge in [-0.1, -0.05) is 91.4 Å². The van der Waals surface area contributed by atoms with Gasteiger partial charge in [0.2, 0.25) is 35.4 Å². The number of aromatic nitrogens is 1. The van der Waals surface area contributed by atoms with Crippen LogP contribution in [0.2, 0.25) is 0 Å². The average molecular weight is 915 g/mol. The summed E-state index contributed by atoms with van der Waals surface area (Å²) in [7, 11) is 1.23. The molecule has 2 fully saturated rings. The van der Waals surface area contributed by atoms with Crippen molar-refractivity contribution in [3.05, 3.63) is 102 Å². The monoisotopic (exact) mass is 914 g/mol. The molecule has 3 heterocycles. The maximum atomic E-state index is 13.7. The summed E-state index contributed by atoms with van der Waals surface area (Å²) in [4.78, 5) is 96.8. The number of aliphatic hydroxyl groups is 5. The van der Waals surface area contributed by atoms with E-state index < -0.39 is 134 Å². The molecule has 2 saturated heterocycles. The van der Waals surface area contributed by atoms with Crippen LogP contribution < -0.4 is 31.9 Å². The van der Waals surface area contributed by atoms with Gasteiger partial charge in [0, 0.05) is 43.0 Å². The molecule has 0 spiro atoms. The van der Waals surface area contributed by atoms with Crippen molar-refractivity contribution in [2.24, 2.45) is 5.92 Å². The highest BCUT2D eigenvalue weighted by atomic mass is 16.3. The second-order valence-electron chi connectivity index (χ2n) is 16.6. The number of hydrogen-bond donors (Lipinski definition) is 12. The molecule has 20 nitrogen and oxygen atoms in total. The normalized spacial score (nSPS) is 26.5. The number of aliphatic hydroxyl groups excluding tert-OH is 4. The van der Waals surface area contributed by atoms with E-state index in [0.717, 1.165) is 26.9 Å². The third-order valence-corrected chi connectivity index (χ3v) is 11.3. The first-order chi connectivity index (χ1) is 31.3. The number of likely N-dealkylation sites (N-methyl/N-ethyl adjacent to an activating group) is 1. The molecule has 3 aromatic rings. The van der Waals surface area contributed by atoms with Gasteiger partial charge in [0.25, 0.3) is 5.91 Å². The maximum Gasteiger partial charge on any atom is 0.251 e. The van der Waals surface area contributed by atoms with E-state index in [4.69, 9.17) is 0 Å². The summed E-state index contributed by atoms with van der Waals surface area (Å²) in [6.45, 7) is 1.63. The van der Waals surface area contributed by atoms with Crippen LogP contribution >= 0.6 is 0 Å². The van der Waals surface area contributed by atoms with E-state index in [-0.39, 0.29) is 6.42 Å². The number of amides is 7. The third kappa shape index (κ3) is 13.9. The zero-order valence-electron chi connectivity index (χ0n) is 36.8. The number of β-amino-alcohol motifs (C(OH)–C–C–N with tert-alkyl or cyclic N) is 1. The van der Waals surface area contributed by atoms with Crippen LogP contribution in [0.3, 0.4) is 0 Å².